The third-order valence-electron chi connectivity index (χ3n) is 3.73. The number of allylic oxidation sites excluding steroid dienone is 2. The molecule has 0 radical (unpaired) electrons. The Labute approximate surface area is 114 Å². The number of hydrogen-bond acceptors (Lipinski definition) is 4. The fraction of sp³-hybridized carbons (Fsp3) is 0.286. The van der Waals surface area contributed by atoms with Gasteiger partial charge < -0.3 is 5.11 Å². The molecule has 1 saturated heterocycles. The van der Waals surface area contributed by atoms with Crippen LogP contribution in [0.2, 0.25) is 0 Å². The molecule has 0 saturated carbocycles. The molecule has 6 nitrogen and oxygen atoms in total. The average Bonchev–Trinajstić information content (AvgIpc) is 2.72. The zero-order valence-corrected chi connectivity index (χ0v) is 10.5. The van der Waals surface area contributed by atoms with E-state index in [0.29, 0.717) is 12.8 Å². The lowest BCUT2D eigenvalue weighted by molar-refractivity contribution is -0.122. The summed E-state index contributed by atoms with van der Waals surface area (Å²) in [6.07, 6.45) is 6.22. The van der Waals surface area contributed by atoms with E-state index in [1.807, 2.05) is 12.2 Å². The van der Waals surface area contributed by atoms with E-state index in [2.05, 4.69) is 4.98 Å². The Kier molecular flexibility index (Phi) is 2.85. The molecular formula is C14H12N2O4. The summed E-state index contributed by atoms with van der Waals surface area (Å²) in [5.74, 6) is -2.35. The average molecular weight is 272 g/mol. The maximum atomic E-state index is 12.3. The number of hydrogen-bond donors (Lipinski definition) is 1. The van der Waals surface area contributed by atoms with Gasteiger partial charge in [0.25, 0.3) is 0 Å². The van der Waals surface area contributed by atoms with Gasteiger partial charge in [0.1, 0.15) is 5.69 Å². The number of aromatic carboxylic acids is 1. The minimum atomic E-state index is -1.19. The Morgan fingerprint density at radius 1 is 1.20 bits per heavy atom. The Morgan fingerprint density at radius 2 is 1.80 bits per heavy atom. The molecule has 0 aromatic carbocycles. The van der Waals surface area contributed by atoms with Crippen molar-refractivity contribution in [2.24, 2.45) is 11.8 Å². The fourth-order valence-corrected chi connectivity index (χ4v) is 2.73. The third kappa shape index (κ3) is 1.80. The van der Waals surface area contributed by atoms with E-state index in [4.69, 9.17) is 5.11 Å². The van der Waals surface area contributed by atoms with Gasteiger partial charge in [-0.25, -0.2) is 14.7 Å². The number of carboxylic acid groups (broad SMARTS) is 1. The number of fused-ring (bicyclic) bond motifs is 1. The Balaban J connectivity index is 1.98. The summed E-state index contributed by atoms with van der Waals surface area (Å²) in [6, 6.07) is 2.73. The number of nitrogens with zero attached hydrogens (tertiary/aromatic N) is 2. The summed E-state index contributed by atoms with van der Waals surface area (Å²) in [5, 5.41) is 8.93. The zero-order valence-electron chi connectivity index (χ0n) is 10.5. The van der Waals surface area contributed by atoms with Crippen molar-refractivity contribution in [3.8, 4) is 0 Å². The van der Waals surface area contributed by atoms with E-state index >= 15 is 0 Å². The van der Waals surface area contributed by atoms with Gasteiger partial charge in [-0.2, -0.15) is 0 Å². The van der Waals surface area contributed by atoms with Crippen molar-refractivity contribution in [1.29, 1.82) is 0 Å². The molecule has 1 aliphatic heterocycles. The number of rotatable bonds is 2. The van der Waals surface area contributed by atoms with Crippen LogP contribution in [0.3, 0.4) is 0 Å². The van der Waals surface area contributed by atoms with Gasteiger partial charge >= 0.3 is 5.97 Å². The minimum absolute atomic E-state index is 0.184. The summed E-state index contributed by atoms with van der Waals surface area (Å²) in [6.45, 7) is 0. The van der Waals surface area contributed by atoms with E-state index in [1.165, 1.54) is 18.3 Å². The van der Waals surface area contributed by atoms with Crippen molar-refractivity contribution in [3.63, 3.8) is 0 Å². The molecule has 1 fully saturated rings. The largest absolute Gasteiger partial charge is 0.477 e. The Hall–Kier alpha value is -2.50. The molecule has 0 spiro atoms. The molecule has 0 bridgehead atoms. The minimum Gasteiger partial charge on any atom is -0.477 e. The molecule has 1 aliphatic carbocycles. The summed E-state index contributed by atoms with van der Waals surface area (Å²) < 4.78 is 0. The van der Waals surface area contributed by atoms with Gasteiger partial charge in [0, 0.05) is 6.20 Å². The highest BCUT2D eigenvalue weighted by Gasteiger charge is 2.47. The van der Waals surface area contributed by atoms with E-state index < -0.39 is 5.97 Å². The summed E-state index contributed by atoms with van der Waals surface area (Å²) in [4.78, 5) is 40.4. The lowest BCUT2D eigenvalue weighted by Gasteiger charge is -2.14. The summed E-state index contributed by atoms with van der Waals surface area (Å²) >= 11 is 0. The van der Waals surface area contributed by atoms with Gasteiger partial charge in [0.05, 0.1) is 17.5 Å². The van der Waals surface area contributed by atoms with Crippen LogP contribution in [0, 0.1) is 11.8 Å². The van der Waals surface area contributed by atoms with E-state index in [-0.39, 0.29) is 35.0 Å². The fourth-order valence-electron chi connectivity index (χ4n) is 2.73. The number of imide groups is 1. The van der Waals surface area contributed by atoms with Crippen LogP contribution in [-0.4, -0.2) is 27.9 Å². The number of carboxylic acids is 1. The van der Waals surface area contributed by atoms with Crippen LogP contribution in [0.4, 0.5) is 5.69 Å². The molecule has 2 amide bonds. The first-order valence-electron chi connectivity index (χ1n) is 6.31. The SMILES string of the molecule is O=C(O)c1cc(N2C(=O)[C@H]3CC=CC[C@H]3C2=O)ccn1. The lowest BCUT2D eigenvalue weighted by atomic mass is 9.85. The molecule has 1 N–H and O–H groups in total. The van der Waals surface area contributed by atoms with Gasteiger partial charge in [-0.3, -0.25) is 9.59 Å². The van der Waals surface area contributed by atoms with Crippen molar-refractivity contribution in [2.75, 3.05) is 4.90 Å². The smallest absolute Gasteiger partial charge is 0.354 e. The number of anilines is 1. The van der Waals surface area contributed by atoms with Crippen molar-refractivity contribution in [2.45, 2.75) is 12.8 Å². The van der Waals surface area contributed by atoms with Gasteiger partial charge in [0.2, 0.25) is 11.8 Å². The van der Waals surface area contributed by atoms with Gasteiger partial charge in [0.15, 0.2) is 0 Å². The Morgan fingerprint density at radius 3 is 2.35 bits per heavy atom. The summed E-state index contributed by atoms with van der Waals surface area (Å²) in [7, 11) is 0. The standard InChI is InChI=1S/C14H12N2O4/c17-12-9-3-1-2-4-10(9)13(18)16(12)8-5-6-15-11(7-8)14(19)20/h1-2,5-7,9-10H,3-4H2,(H,19,20)/t9-,10+. The number of carbonyl (C=O) groups excluding carboxylic acids is 2. The van der Waals surface area contributed by atoms with Crippen molar-refractivity contribution in [1.82, 2.24) is 4.98 Å². The molecule has 2 aliphatic rings. The number of pyridine rings is 1. The molecule has 2 heterocycles. The van der Waals surface area contributed by atoms with Crippen LogP contribution >= 0.6 is 0 Å². The number of amides is 2. The monoisotopic (exact) mass is 272 g/mol. The molecule has 6 heteroatoms. The quantitative estimate of drug-likeness (QED) is 0.646. The zero-order chi connectivity index (χ0) is 14.3. The van der Waals surface area contributed by atoms with Crippen LogP contribution in [0.1, 0.15) is 23.3 Å². The first-order chi connectivity index (χ1) is 9.59. The maximum Gasteiger partial charge on any atom is 0.354 e. The molecule has 1 aromatic heterocycles. The highest BCUT2D eigenvalue weighted by atomic mass is 16.4. The topological polar surface area (TPSA) is 87.6 Å². The Bertz CT molecular complexity index is 612. The molecule has 1 aromatic rings. The van der Waals surface area contributed by atoms with Crippen LogP contribution in [-0.2, 0) is 9.59 Å². The molecule has 102 valence electrons. The van der Waals surface area contributed by atoms with Gasteiger partial charge in [-0.05, 0) is 25.0 Å². The van der Waals surface area contributed by atoms with E-state index in [0.717, 1.165) is 4.90 Å². The van der Waals surface area contributed by atoms with Crippen molar-refractivity contribution in [3.05, 3.63) is 36.2 Å². The van der Waals surface area contributed by atoms with Crippen LogP contribution in [0.25, 0.3) is 0 Å². The van der Waals surface area contributed by atoms with Crippen LogP contribution in [0.15, 0.2) is 30.5 Å². The van der Waals surface area contributed by atoms with E-state index in [9.17, 15) is 14.4 Å². The van der Waals surface area contributed by atoms with Crippen LogP contribution < -0.4 is 4.90 Å². The maximum absolute atomic E-state index is 12.3. The van der Waals surface area contributed by atoms with Gasteiger partial charge in [-0.1, -0.05) is 12.2 Å². The predicted molar refractivity (Wildman–Crippen MR) is 69.0 cm³/mol. The normalized spacial score (nSPS) is 24.9. The molecule has 0 unspecified atom stereocenters. The van der Waals surface area contributed by atoms with Crippen LogP contribution in [0.5, 0.6) is 0 Å². The predicted octanol–water partition coefficient (Wildman–Crippen LogP) is 1.24. The second kappa shape index (κ2) is 4.56. The highest BCUT2D eigenvalue weighted by molar-refractivity contribution is 6.22. The highest BCUT2D eigenvalue weighted by Crippen LogP contribution is 2.37. The van der Waals surface area contributed by atoms with E-state index in [1.54, 1.807) is 0 Å². The molecule has 2 atom stereocenters. The van der Waals surface area contributed by atoms with Crippen molar-refractivity contribution >= 4 is 23.5 Å². The second-order valence-electron chi connectivity index (χ2n) is 4.87. The molecular weight excluding hydrogens is 260 g/mol. The molecule has 3 rings (SSSR count). The first kappa shape index (κ1) is 12.5. The number of carbonyl (C=O) groups is 3. The lowest BCUT2D eigenvalue weighted by Crippen LogP contribution is -2.31. The van der Waals surface area contributed by atoms with Gasteiger partial charge in [-0.15, -0.1) is 0 Å². The molecule has 20 heavy (non-hydrogen) atoms. The summed E-state index contributed by atoms with van der Waals surface area (Å²) in [5.41, 5.74) is 0.0953. The first-order valence-corrected chi connectivity index (χ1v) is 6.31. The second-order valence-corrected chi connectivity index (χ2v) is 4.87. The van der Waals surface area contributed by atoms with Crippen molar-refractivity contribution < 1.29 is 19.5 Å². The number of aromatic nitrogens is 1. The third-order valence-corrected chi connectivity index (χ3v) is 3.73.